The van der Waals surface area contributed by atoms with Gasteiger partial charge in [0.2, 0.25) is 0 Å². The molecule has 2 N–H and O–H groups in total. The van der Waals surface area contributed by atoms with Crippen LogP contribution in [-0.4, -0.2) is 5.16 Å². The summed E-state index contributed by atoms with van der Waals surface area (Å²) in [5.74, 6) is 0.634. The van der Waals surface area contributed by atoms with Crippen LogP contribution in [0.25, 0.3) is 11.3 Å². The van der Waals surface area contributed by atoms with E-state index in [9.17, 15) is 0 Å². The molecule has 0 aliphatic carbocycles. The lowest BCUT2D eigenvalue weighted by Crippen LogP contribution is -1.95. The van der Waals surface area contributed by atoms with Crippen LogP contribution >= 0.6 is 0 Å². The highest BCUT2D eigenvalue weighted by Gasteiger charge is 2.09. The van der Waals surface area contributed by atoms with Crippen molar-refractivity contribution in [2.24, 2.45) is 5.73 Å². The summed E-state index contributed by atoms with van der Waals surface area (Å²) < 4.78 is 5.10. The van der Waals surface area contributed by atoms with Gasteiger partial charge in [0.1, 0.15) is 0 Å². The van der Waals surface area contributed by atoms with E-state index in [1.165, 1.54) is 0 Å². The standard InChI is InChI=1S/C11H9N3O/c12-5-8-2-1-3-9(4-8)11-10(6-13)7-14-15-11/h1-4,7H,6,13H2. The van der Waals surface area contributed by atoms with Crippen molar-refractivity contribution in [2.75, 3.05) is 0 Å². The predicted octanol–water partition coefficient (Wildman–Crippen LogP) is 1.67. The molecule has 0 radical (unpaired) electrons. The molecule has 0 aliphatic rings. The van der Waals surface area contributed by atoms with Crippen LogP contribution in [0.5, 0.6) is 0 Å². The minimum atomic E-state index is 0.371. The van der Waals surface area contributed by atoms with Crippen molar-refractivity contribution in [1.29, 1.82) is 5.26 Å². The molecule has 0 amide bonds. The number of benzene rings is 1. The molecule has 0 spiro atoms. The Balaban J connectivity index is 2.50. The summed E-state index contributed by atoms with van der Waals surface area (Å²) in [6.07, 6.45) is 1.59. The first-order valence-corrected chi connectivity index (χ1v) is 4.49. The van der Waals surface area contributed by atoms with Crippen molar-refractivity contribution in [3.8, 4) is 17.4 Å². The smallest absolute Gasteiger partial charge is 0.171 e. The van der Waals surface area contributed by atoms with Gasteiger partial charge in [0.05, 0.1) is 17.8 Å². The van der Waals surface area contributed by atoms with Gasteiger partial charge in [-0.2, -0.15) is 5.26 Å². The average Bonchev–Trinajstić information content (AvgIpc) is 2.77. The summed E-state index contributed by atoms with van der Waals surface area (Å²) >= 11 is 0. The van der Waals surface area contributed by atoms with E-state index in [1.54, 1.807) is 24.4 Å². The van der Waals surface area contributed by atoms with Crippen LogP contribution in [-0.2, 0) is 6.54 Å². The Kier molecular flexibility index (Phi) is 2.48. The Bertz CT molecular complexity index is 511. The lowest BCUT2D eigenvalue weighted by Gasteiger charge is -1.98. The summed E-state index contributed by atoms with van der Waals surface area (Å²) in [6.45, 7) is 0.371. The minimum absolute atomic E-state index is 0.371. The van der Waals surface area contributed by atoms with Crippen molar-refractivity contribution >= 4 is 0 Å². The van der Waals surface area contributed by atoms with Crippen molar-refractivity contribution in [1.82, 2.24) is 5.16 Å². The summed E-state index contributed by atoms with van der Waals surface area (Å²) in [6, 6.07) is 9.23. The topological polar surface area (TPSA) is 75.8 Å². The van der Waals surface area contributed by atoms with Crippen LogP contribution in [0, 0.1) is 11.3 Å². The predicted molar refractivity (Wildman–Crippen MR) is 54.5 cm³/mol. The lowest BCUT2D eigenvalue weighted by atomic mass is 10.1. The van der Waals surface area contributed by atoms with Gasteiger partial charge in [-0.3, -0.25) is 0 Å². The van der Waals surface area contributed by atoms with Gasteiger partial charge in [-0.05, 0) is 12.1 Å². The third-order valence-corrected chi connectivity index (χ3v) is 2.12. The van der Waals surface area contributed by atoms with Gasteiger partial charge in [0, 0.05) is 17.7 Å². The van der Waals surface area contributed by atoms with Gasteiger partial charge in [0.25, 0.3) is 0 Å². The molecule has 1 aromatic heterocycles. The third-order valence-electron chi connectivity index (χ3n) is 2.12. The Labute approximate surface area is 86.9 Å². The molecule has 4 nitrogen and oxygen atoms in total. The zero-order chi connectivity index (χ0) is 10.7. The monoisotopic (exact) mass is 199 g/mol. The van der Waals surface area contributed by atoms with Crippen molar-refractivity contribution in [2.45, 2.75) is 6.54 Å². The Morgan fingerprint density at radius 2 is 2.33 bits per heavy atom. The molecule has 0 unspecified atom stereocenters. The highest BCUT2D eigenvalue weighted by atomic mass is 16.5. The number of aromatic nitrogens is 1. The van der Waals surface area contributed by atoms with Crippen molar-refractivity contribution < 1.29 is 4.52 Å². The van der Waals surface area contributed by atoms with E-state index in [0.717, 1.165) is 11.1 Å². The zero-order valence-electron chi connectivity index (χ0n) is 7.97. The quantitative estimate of drug-likeness (QED) is 0.798. The molecular formula is C11H9N3O. The van der Waals surface area contributed by atoms with Gasteiger partial charge in [-0.25, -0.2) is 0 Å². The largest absolute Gasteiger partial charge is 0.356 e. The molecule has 4 heteroatoms. The molecule has 74 valence electrons. The van der Waals surface area contributed by atoms with E-state index < -0.39 is 0 Å². The molecule has 2 aromatic rings. The van der Waals surface area contributed by atoms with E-state index in [0.29, 0.717) is 17.9 Å². The molecule has 0 saturated carbocycles. The van der Waals surface area contributed by atoms with E-state index in [1.807, 2.05) is 6.07 Å². The summed E-state index contributed by atoms with van der Waals surface area (Å²) in [7, 11) is 0. The fourth-order valence-electron chi connectivity index (χ4n) is 1.37. The number of nitrogens with two attached hydrogens (primary N) is 1. The van der Waals surface area contributed by atoms with Gasteiger partial charge in [0.15, 0.2) is 5.76 Å². The molecule has 0 fully saturated rings. The van der Waals surface area contributed by atoms with E-state index in [4.69, 9.17) is 15.5 Å². The second-order valence-corrected chi connectivity index (χ2v) is 3.08. The number of nitrogens with zero attached hydrogens (tertiary/aromatic N) is 2. The van der Waals surface area contributed by atoms with Crippen LogP contribution in [0.3, 0.4) is 0 Å². The number of nitriles is 1. The minimum Gasteiger partial charge on any atom is -0.356 e. The second-order valence-electron chi connectivity index (χ2n) is 3.08. The Morgan fingerprint density at radius 3 is 3.07 bits per heavy atom. The summed E-state index contributed by atoms with van der Waals surface area (Å²) in [4.78, 5) is 0. The summed E-state index contributed by atoms with van der Waals surface area (Å²) in [5, 5.41) is 12.5. The average molecular weight is 199 g/mol. The number of hydrogen-bond donors (Lipinski definition) is 1. The molecule has 0 bridgehead atoms. The highest BCUT2D eigenvalue weighted by molar-refractivity contribution is 5.62. The number of rotatable bonds is 2. The second kappa shape index (κ2) is 3.95. The van der Waals surface area contributed by atoms with Crippen molar-refractivity contribution in [3.63, 3.8) is 0 Å². The molecule has 0 atom stereocenters. The Hall–Kier alpha value is -2.12. The molecule has 1 aromatic carbocycles. The van der Waals surface area contributed by atoms with Crippen LogP contribution in [0.4, 0.5) is 0 Å². The van der Waals surface area contributed by atoms with Crippen molar-refractivity contribution in [3.05, 3.63) is 41.6 Å². The van der Waals surface area contributed by atoms with E-state index in [2.05, 4.69) is 11.2 Å². The Morgan fingerprint density at radius 1 is 1.47 bits per heavy atom. The third kappa shape index (κ3) is 1.73. The highest BCUT2D eigenvalue weighted by Crippen LogP contribution is 2.23. The molecule has 2 rings (SSSR count). The van der Waals surface area contributed by atoms with Gasteiger partial charge in [-0.15, -0.1) is 0 Å². The van der Waals surface area contributed by atoms with Gasteiger partial charge < -0.3 is 10.3 Å². The maximum Gasteiger partial charge on any atom is 0.171 e. The van der Waals surface area contributed by atoms with Gasteiger partial charge in [-0.1, -0.05) is 17.3 Å². The fraction of sp³-hybridized carbons (Fsp3) is 0.0909. The molecular weight excluding hydrogens is 190 g/mol. The maximum atomic E-state index is 8.77. The van der Waals surface area contributed by atoms with Crippen LogP contribution in [0.1, 0.15) is 11.1 Å². The molecule has 1 heterocycles. The fourth-order valence-corrected chi connectivity index (χ4v) is 1.37. The molecule has 15 heavy (non-hydrogen) atoms. The van der Waals surface area contributed by atoms with Crippen LogP contribution in [0.2, 0.25) is 0 Å². The van der Waals surface area contributed by atoms with Crippen LogP contribution in [0.15, 0.2) is 35.0 Å². The molecule has 0 saturated heterocycles. The first-order chi connectivity index (χ1) is 7.35. The summed E-state index contributed by atoms with van der Waals surface area (Å²) in [5.41, 5.74) is 7.79. The van der Waals surface area contributed by atoms with E-state index in [-0.39, 0.29) is 0 Å². The normalized spacial score (nSPS) is 9.87. The van der Waals surface area contributed by atoms with E-state index >= 15 is 0 Å². The lowest BCUT2D eigenvalue weighted by molar-refractivity contribution is 0.431. The van der Waals surface area contributed by atoms with Crippen LogP contribution < -0.4 is 5.73 Å². The SMILES string of the molecule is N#Cc1cccc(-c2oncc2CN)c1. The maximum absolute atomic E-state index is 8.77. The molecule has 0 aliphatic heterocycles. The number of hydrogen-bond acceptors (Lipinski definition) is 4. The zero-order valence-corrected chi connectivity index (χ0v) is 7.97. The van der Waals surface area contributed by atoms with Gasteiger partial charge >= 0.3 is 0 Å². The first kappa shape index (κ1) is 9.44. The first-order valence-electron chi connectivity index (χ1n) is 4.49.